The van der Waals surface area contributed by atoms with Crippen molar-refractivity contribution < 1.29 is 34.2 Å². The van der Waals surface area contributed by atoms with Gasteiger partial charge in [0.15, 0.2) is 0 Å². The fourth-order valence-corrected chi connectivity index (χ4v) is 1.27. The van der Waals surface area contributed by atoms with Crippen molar-refractivity contribution in [1.29, 1.82) is 0 Å². The van der Waals surface area contributed by atoms with Gasteiger partial charge in [0.05, 0.1) is 5.60 Å². The Labute approximate surface area is 112 Å². The molecule has 7 nitrogen and oxygen atoms in total. The summed E-state index contributed by atoms with van der Waals surface area (Å²) in [6.45, 7) is 10.6. The summed E-state index contributed by atoms with van der Waals surface area (Å²) in [5, 5.41) is 8.03. The Morgan fingerprint density at radius 3 is 2.00 bits per heavy atom. The second-order valence-electron chi connectivity index (χ2n) is 5.84. The number of hydrogen-bond donors (Lipinski definition) is 1. The molecule has 0 aromatic carbocycles. The summed E-state index contributed by atoms with van der Waals surface area (Å²) in [7, 11) is 0. The van der Waals surface area contributed by atoms with Gasteiger partial charge >= 0.3 is 11.9 Å². The Morgan fingerprint density at radius 1 is 1.05 bits per heavy atom. The lowest BCUT2D eigenvalue weighted by molar-refractivity contribution is -0.399. The quantitative estimate of drug-likeness (QED) is 0.355. The zero-order chi connectivity index (χ0) is 15.3. The normalized spacial score (nSPS) is 13.8. The molecule has 0 aromatic rings. The van der Waals surface area contributed by atoms with Gasteiger partial charge in [-0.2, -0.15) is 5.26 Å². The summed E-state index contributed by atoms with van der Waals surface area (Å²) >= 11 is 0. The maximum absolute atomic E-state index is 11.1. The molecule has 7 heteroatoms. The lowest BCUT2D eigenvalue weighted by Gasteiger charge is -2.30. The number of hydrogen-bond acceptors (Lipinski definition) is 7. The molecule has 1 N–H and O–H groups in total. The molecule has 1 atom stereocenters. The monoisotopic (exact) mass is 278 g/mol. The van der Waals surface area contributed by atoms with E-state index in [0.29, 0.717) is 6.42 Å². The van der Waals surface area contributed by atoms with E-state index in [0.717, 1.165) is 0 Å². The largest absolute Gasteiger partial charge is 0.454 e. The predicted molar refractivity (Wildman–Crippen MR) is 64.9 cm³/mol. The van der Waals surface area contributed by atoms with E-state index in [2.05, 4.69) is 4.89 Å². The van der Waals surface area contributed by atoms with Gasteiger partial charge in [0.1, 0.15) is 11.7 Å². The smallest absolute Gasteiger partial charge is 0.449 e. The van der Waals surface area contributed by atoms with Crippen LogP contribution in [0.4, 0.5) is 0 Å². The lowest BCUT2D eigenvalue weighted by atomic mass is 10.0. The van der Waals surface area contributed by atoms with E-state index < -0.39 is 29.2 Å². The summed E-state index contributed by atoms with van der Waals surface area (Å²) < 4.78 is 4.76. The number of rotatable bonds is 5. The molecule has 0 bridgehead atoms. The second-order valence-corrected chi connectivity index (χ2v) is 5.84. The summed E-state index contributed by atoms with van der Waals surface area (Å²) in [5.41, 5.74) is -1.17. The average Bonchev–Trinajstić information content (AvgIpc) is 2.23. The summed E-state index contributed by atoms with van der Waals surface area (Å²) in [5.74, 6) is -2.72. The molecule has 0 fully saturated rings. The summed E-state index contributed by atoms with van der Waals surface area (Å²) in [4.78, 5) is 35.5. The maximum Gasteiger partial charge on any atom is 0.449 e. The number of carbonyl (C=O) groups excluding carboxylic acids is 2. The summed E-state index contributed by atoms with van der Waals surface area (Å²) in [6.07, 6.45) is -0.307. The standard InChI is InChI=1S/C12H22O7/c1-8(16-9(13)10(14)17-15)7-12(5,6)19-18-11(2,3)4/h8,15H,7H2,1-6H3. The van der Waals surface area contributed by atoms with Crippen LogP contribution in [0, 0.1) is 0 Å². The Bertz CT molecular complexity index is 317. The van der Waals surface area contributed by atoms with Crippen molar-refractivity contribution in [1.82, 2.24) is 0 Å². The predicted octanol–water partition coefficient (Wildman–Crippen LogP) is 1.85. The molecule has 0 heterocycles. The van der Waals surface area contributed by atoms with E-state index in [4.69, 9.17) is 19.8 Å². The van der Waals surface area contributed by atoms with Gasteiger partial charge in [-0.1, -0.05) is 0 Å². The molecule has 0 saturated heterocycles. The van der Waals surface area contributed by atoms with Gasteiger partial charge in [0, 0.05) is 6.42 Å². The molecule has 0 rings (SSSR count). The number of esters is 1. The van der Waals surface area contributed by atoms with Gasteiger partial charge in [0.2, 0.25) is 0 Å². The molecule has 0 aromatic heterocycles. The lowest BCUT2D eigenvalue weighted by Crippen LogP contribution is -2.35. The van der Waals surface area contributed by atoms with Gasteiger partial charge in [-0.25, -0.2) is 19.4 Å². The fourth-order valence-electron chi connectivity index (χ4n) is 1.27. The third kappa shape index (κ3) is 8.52. The fraction of sp³-hybridized carbons (Fsp3) is 0.833. The highest BCUT2D eigenvalue weighted by Gasteiger charge is 2.29. The van der Waals surface area contributed by atoms with Gasteiger partial charge in [-0.05, 0) is 41.5 Å². The zero-order valence-corrected chi connectivity index (χ0v) is 12.2. The van der Waals surface area contributed by atoms with Crippen LogP contribution >= 0.6 is 0 Å². The molecule has 0 spiro atoms. The third-order valence-corrected chi connectivity index (χ3v) is 1.85. The highest BCUT2D eigenvalue weighted by atomic mass is 17.2. The van der Waals surface area contributed by atoms with E-state index in [9.17, 15) is 9.59 Å². The van der Waals surface area contributed by atoms with Crippen LogP contribution in [0.2, 0.25) is 0 Å². The first-order chi connectivity index (χ1) is 8.47. The highest BCUT2D eigenvalue weighted by Crippen LogP contribution is 2.22. The summed E-state index contributed by atoms with van der Waals surface area (Å²) in [6, 6.07) is 0. The first-order valence-electron chi connectivity index (χ1n) is 5.90. The number of carbonyl (C=O) groups is 2. The Morgan fingerprint density at radius 2 is 1.58 bits per heavy atom. The molecule has 112 valence electrons. The molecule has 0 amide bonds. The molecule has 0 aliphatic heterocycles. The molecular weight excluding hydrogens is 256 g/mol. The SMILES string of the molecule is CC(CC(C)(C)OOC(C)(C)C)OC(=O)C(=O)OO. The Hall–Kier alpha value is -1.18. The van der Waals surface area contributed by atoms with Crippen molar-refractivity contribution in [3.8, 4) is 0 Å². The maximum atomic E-state index is 11.1. The topological polar surface area (TPSA) is 91.3 Å². The second kappa shape index (κ2) is 6.83. The van der Waals surface area contributed by atoms with Crippen LogP contribution in [-0.4, -0.2) is 34.5 Å². The Kier molecular flexibility index (Phi) is 6.41. The van der Waals surface area contributed by atoms with Crippen LogP contribution in [0.5, 0.6) is 0 Å². The van der Waals surface area contributed by atoms with Crippen molar-refractivity contribution in [3.63, 3.8) is 0 Å². The third-order valence-electron chi connectivity index (χ3n) is 1.85. The van der Waals surface area contributed by atoms with E-state index in [-0.39, 0.29) is 0 Å². The molecule has 0 aliphatic rings. The first kappa shape index (κ1) is 17.8. The first-order valence-corrected chi connectivity index (χ1v) is 5.90. The van der Waals surface area contributed by atoms with Crippen LogP contribution in [-0.2, 0) is 29.0 Å². The van der Waals surface area contributed by atoms with E-state index in [1.165, 1.54) is 0 Å². The van der Waals surface area contributed by atoms with Crippen molar-refractivity contribution in [3.05, 3.63) is 0 Å². The Balaban J connectivity index is 4.26. The van der Waals surface area contributed by atoms with Crippen molar-refractivity contribution in [2.75, 3.05) is 0 Å². The van der Waals surface area contributed by atoms with Crippen LogP contribution < -0.4 is 0 Å². The molecule has 1 unspecified atom stereocenters. The van der Waals surface area contributed by atoms with Crippen LogP contribution in [0.1, 0.15) is 48.0 Å². The highest BCUT2D eigenvalue weighted by molar-refractivity contribution is 6.29. The molecule has 19 heavy (non-hydrogen) atoms. The molecule has 0 radical (unpaired) electrons. The van der Waals surface area contributed by atoms with Crippen LogP contribution in [0.15, 0.2) is 0 Å². The minimum Gasteiger partial charge on any atom is -0.454 e. The van der Waals surface area contributed by atoms with Crippen LogP contribution in [0.3, 0.4) is 0 Å². The van der Waals surface area contributed by atoms with Gasteiger partial charge in [0.25, 0.3) is 0 Å². The van der Waals surface area contributed by atoms with Gasteiger partial charge in [-0.3, -0.25) is 4.89 Å². The minimum absolute atomic E-state index is 0.299. The van der Waals surface area contributed by atoms with Crippen LogP contribution in [0.25, 0.3) is 0 Å². The van der Waals surface area contributed by atoms with E-state index in [1.54, 1.807) is 20.8 Å². The molecular formula is C12H22O7. The molecule has 0 saturated carbocycles. The minimum atomic E-state index is -1.46. The molecule has 0 aliphatic carbocycles. The van der Waals surface area contributed by atoms with Crippen molar-refractivity contribution in [2.24, 2.45) is 0 Å². The van der Waals surface area contributed by atoms with Gasteiger partial charge in [-0.15, -0.1) is 0 Å². The van der Waals surface area contributed by atoms with E-state index in [1.807, 2.05) is 20.8 Å². The van der Waals surface area contributed by atoms with Gasteiger partial charge < -0.3 is 4.74 Å². The van der Waals surface area contributed by atoms with Crippen molar-refractivity contribution in [2.45, 2.75) is 65.3 Å². The number of ether oxygens (including phenoxy) is 1. The average molecular weight is 278 g/mol. The van der Waals surface area contributed by atoms with E-state index >= 15 is 0 Å². The van der Waals surface area contributed by atoms with Crippen molar-refractivity contribution >= 4 is 11.9 Å². The zero-order valence-electron chi connectivity index (χ0n) is 12.2.